The van der Waals surface area contributed by atoms with Crippen LogP contribution >= 0.6 is 0 Å². The van der Waals surface area contributed by atoms with Gasteiger partial charge in [0.25, 0.3) is 0 Å². The van der Waals surface area contributed by atoms with Gasteiger partial charge in [0.05, 0.1) is 24.3 Å². The van der Waals surface area contributed by atoms with Crippen LogP contribution in [0.15, 0.2) is 84.9 Å². The lowest BCUT2D eigenvalue weighted by molar-refractivity contribution is -0.139. The SMILES string of the molecule is C=C(C)C(=O)OCCCCOc1ccc(C(=O)Oc2ccc(C(=O)Oc3ccc(C)cc3)cc2)cc1. The van der Waals surface area contributed by atoms with Crippen LogP contribution in [-0.2, 0) is 9.53 Å². The lowest BCUT2D eigenvalue weighted by Gasteiger charge is -2.09. The average Bonchev–Trinajstić information content (AvgIpc) is 2.88. The Morgan fingerprint density at radius 2 is 1.11 bits per heavy atom. The van der Waals surface area contributed by atoms with Gasteiger partial charge in [-0.2, -0.15) is 0 Å². The monoisotopic (exact) mass is 488 g/mol. The summed E-state index contributed by atoms with van der Waals surface area (Å²) >= 11 is 0. The van der Waals surface area contributed by atoms with Gasteiger partial charge in [0.1, 0.15) is 17.2 Å². The molecule has 3 aromatic rings. The van der Waals surface area contributed by atoms with E-state index >= 15 is 0 Å². The fraction of sp³-hybridized carbons (Fsp3) is 0.207. The second-order valence-corrected chi connectivity index (χ2v) is 8.11. The molecule has 7 nitrogen and oxygen atoms in total. The Hall–Kier alpha value is -4.39. The maximum atomic E-state index is 12.4. The molecule has 0 aromatic heterocycles. The van der Waals surface area contributed by atoms with Crippen LogP contribution in [-0.4, -0.2) is 31.1 Å². The molecule has 0 N–H and O–H groups in total. The van der Waals surface area contributed by atoms with Crippen molar-refractivity contribution in [3.8, 4) is 17.2 Å². The Morgan fingerprint density at radius 1 is 0.667 bits per heavy atom. The number of unbranched alkanes of at least 4 members (excludes halogenated alkanes) is 1. The van der Waals surface area contributed by atoms with Gasteiger partial charge < -0.3 is 18.9 Å². The zero-order valence-electron chi connectivity index (χ0n) is 20.3. The summed E-state index contributed by atoms with van der Waals surface area (Å²) in [6, 6.07) is 19.9. The average molecular weight is 489 g/mol. The molecule has 0 fully saturated rings. The Kier molecular flexibility index (Phi) is 9.40. The predicted octanol–water partition coefficient (Wildman–Crippen LogP) is 5.71. The molecule has 0 saturated heterocycles. The molecule has 0 aliphatic heterocycles. The molecule has 0 spiro atoms. The number of ether oxygens (including phenoxy) is 4. The van der Waals surface area contributed by atoms with Gasteiger partial charge in [-0.15, -0.1) is 0 Å². The summed E-state index contributed by atoms with van der Waals surface area (Å²) in [4.78, 5) is 36.0. The van der Waals surface area contributed by atoms with Crippen molar-refractivity contribution in [1.82, 2.24) is 0 Å². The molecule has 0 unspecified atom stereocenters. The minimum atomic E-state index is -0.532. The van der Waals surface area contributed by atoms with Crippen LogP contribution in [0.3, 0.4) is 0 Å². The highest BCUT2D eigenvalue weighted by Crippen LogP contribution is 2.19. The summed E-state index contributed by atoms with van der Waals surface area (Å²) in [6.45, 7) is 7.85. The van der Waals surface area contributed by atoms with E-state index in [0.717, 1.165) is 5.56 Å². The molecule has 0 amide bonds. The van der Waals surface area contributed by atoms with E-state index < -0.39 is 17.9 Å². The molecule has 7 heteroatoms. The maximum absolute atomic E-state index is 12.4. The Labute approximate surface area is 210 Å². The predicted molar refractivity (Wildman–Crippen MR) is 134 cm³/mol. The van der Waals surface area contributed by atoms with Crippen molar-refractivity contribution in [3.63, 3.8) is 0 Å². The second kappa shape index (κ2) is 12.9. The molecular weight excluding hydrogens is 460 g/mol. The zero-order chi connectivity index (χ0) is 25.9. The highest BCUT2D eigenvalue weighted by atomic mass is 16.5. The number of esters is 3. The number of benzene rings is 3. The van der Waals surface area contributed by atoms with E-state index in [2.05, 4.69) is 6.58 Å². The molecular formula is C29H28O7. The molecule has 3 rings (SSSR count). The maximum Gasteiger partial charge on any atom is 0.343 e. The van der Waals surface area contributed by atoms with E-state index in [1.165, 1.54) is 24.3 Å². The van der Waals surface area contributed by atoms with Gasteiger partial charge in [-0.1, -0.05) is 24.3 Å². The summed E-state index contributed by atoms with van der Waals surface area (Å²) in [6.07, 6.45) is 1.38. The number of carbonyl (C=O) groups is 3. The molecule has 0 atom stereocenters. The van der Waals surface area contributed by atoms with Crippen LogP contribution in [0, 0.1) is 6.92 Å². The summed E-state index contributed by atoms with van der Waals surface area (Å²) < 4.78 is 21.4. The number of aryl methyl sites for hydroxylation is 1. The first kappa shape index (κ1) is 26.2. The molecule has 0 aliphatic rings. The Balaban J connectivity index is 1.42. The lowest BCUT2D eigenvalue weighted by atomic mass is 10.2. The van der Waals surface area contributed by atoms with Crippen LogP contribution in [0.1, 0.15) is 46.0 Å². The number of carbonyl (C=O) groups excluding carboxylic acids is 3. The molecule has 186 valence electrons. The van der Waals surface area contributed by atoms with Gasteiger partial charge in [-0.3, -0.25) is 0 Å². The van der Waals surface area contributed by atoms with Crippen LogP contribution in [0.25, 0.3) is 0 Å². The molecule has 3 aromatic carbocycles. The van der Waals surface area contributed by atoms with Crippen molar-refractivity contribution in [2.75, 3.05) is 13.2 Å². The molecule has 0 radical (unpaired) electrons. The number of hydrogen-bond acceptors (Lipinski definition) is 7. The van der Waals surface area contributed by atoms with E-state index in [0.29, 0.717) is 60.0 Å². The molecule has 0 heterocycles. The highest BCUT2D eigenvalue weighted by Gasteiger charge is 2.12. The van der Waals surface area contributed by atoms with Crippen LogP contribution in [0.5, 0.6) is 17.2 Å². The quantitative estimate of drug-likeness (QED) is 0.148. The van der Waals surface area contributed by atoms with Crippen LogP contribution < -0.4 is 14.2 Å². The normalized spacial score (nSPS) is 10.3. The first-order chi connectivity index (χ1) is 17.3. The van der Waals surface area contributed by atoms with E-state index in [1.807, 2.05) is 19.1 Å². The number of hydrogen-bond donors (Lipinski definition) is 0. The van der Waals surface area contributed by atoms with Gasteiger partial charge >= 0.3 is 17.9 Å². The topological polar surface area (TPSA) is 88.1 Å². The minimum Gasteiger partial charge on any atom is -0.494 e. The van der Waals surface area contributed by atoms with E-state index in [-0.39, 0.29) is 0 Å². The fourth-order valence-corrected chi connectivity index (χ4v) is 2.97. The zero-order valence-corrected chi connectivity index (χ0v) is 20.3. The molecule has 0 aliphatic carbocycles. The van der Waals surface area contributed by atoms with E-state index in [1.54, 1.807) is 43.3 Å². The standard InChI is InChI=1S/C29H28O7/c1-20(2)27(30)34-19-5-4-18-33-24-14-8-22(9-15-24)28(31)36-26-16-10-23(11-17-26)29(32)35-25-12-6-21(3)7-13-25/h6-17H,1,4-5,18-19H2,2-3H3. The molecule has 0 saturated carbocycles. The van der Waals surface area contributed by atoms with Crippen LogP contribution in [0.2, 0.25) is 0 Å². The fourth-order valence-electron chi connectivity index (χ4n) is 2.97. The summed E-state index contributed by atoms with van der Waals surface area (Å²) in [5.74, 6) is -0.0508. The van der Waals surface area contributed by atoms with Crippen molar-refractivity contribution in [2.24, 2.45) is 0 Å². The number of rotatable bonds is 11. The lowest BCUT2D eigenvalue weighted by Crippen LogP contribution is -2.10. The van der Waals surface area contributed by atoms with Gasteiger partial charge in [-0.05, 0) is 87.4 Å². The first-order valence-corrected chi connectivity index (χ1v) is 11.5. The van der Waals surface area contributed by atoms with Gasteiger partial charge in [0.2, 0.25) is 0 Å². The third kappa shape index (κ3) is 8.13. The van der Waals surface area contributed by atoms with Crippen LogP contribution in [0.4, 0.5) is 0 Å². The molecule has 0 bridgehead atoms. The van der Waals surface area contributed by atoms with Crippen molar-refractivity contribution in [2.45, 2.75) is 26.7 Å². The Bertz CT molecular complexity index is 1190. The largest absolute Gasteiger partial charge is 0.494 e. The summed E-state index contributed by atoms with van der Waals surface area (Å²) in [5, 5.41) is 0. The third-order valence-corrected chi connectivity index (χ3v) is 5.01. The highest BCUT2D eigenvalue weighted by molar-refractivity contribution is 5.92. The smallest absolute Gasteiger partial charge is 0.343 e. The second-order valence-electron chi connectivity index (χ2n) is 8.11. The summed E-state index contributed by atoms with van der Waals surface area (Å²) in [5.41, 5.74) is 2.14. The van der Waals surface area contributed by atoms with Crippen molar-refractivity contribution in [1.29, 1.82) is 0 Å². The van der Waals surface area contributed by atoms with Gasteiger partial charge in [-0.25, -0.2) is 14.4 Å². The van der Waals surface area contributed by atoms with Crippen molar-refractivity contribution >= 4 is 17.9 Å². The van der Waals surface area contributed by atoms with Gasteiger partial charge in [0, 0.05) is 5.57 Å². The van der Waals surface area contributed by atoms with Crippen molar-refractivity contribution in [3.05, 3.63) is 102 Å². The molecule has 36 heavy (non-hydrogen) atoms. The van der Waals surface area contributed by atoms with Gasteiger partial charge in [0.15, 0.2) is 0 Å². The first-order valence-electron chi connectivity index (χ1n) is 11.5. The minimum absolute atomic E-state index is 0.305. The Morgan fingerprint density at radius 3 is 1.61 bits per heavy atom. The van der Waals surface area contributed by atoms with Crippen molar-refractivity contribution < 1.29 is 33.3 Å². The summed E-state index contributed by atoms with van der Waals surface area (Å²) in [7, 11) is 0. The third-order valence-electron chi connectivity index (χ3n) is 5.01. The van der Waals surface area contributed by atoms with E-state index in [4.69, 9.17) is 18.9 Å². The van der Waals surface area contributed by atoms with E-state index in [9.17, 15) is 14.4 Å².